The number of hydrogen-bond acceptors (Lipinski definition) is 3. The second kappa shape index (κ2) is 8.53. The Morgan fingerprint density at radius 2 is 2.15 bits per heavy atom. The van der Waals surface area contributed by atoms with Crippen LogP contribution in [0.5, 0.6) is 0 Å². The lowest BCUT2D eigenvalue weighted by atomic mass is 10.2. The van der Waals surface area contributed by atoms with Gasteiger partial charge in [0.25, 0.3) is 0 Å². The predicted molar refractivity (Wildman–Crippen MR) is 80.2 cm³/mol. The van der Waals surface area contributed by atoms with Gasteiger partial charge in [0.15, 0.2) is 0 Å². The molecule has 0 aliphatic heterocycles. The van der Waals surface area contributed by atoms with Crippen molar-refractivity contribution in [2.75, 3.05) is 24.5 Å². The van der Waals surface area contributed by atoms with Crippen LogP contribution in [0.15, 0.2) is 24.3 Å². The summed E-state index contributed by atoms with van der Waals surface area (Å²) in [7, 11) is 0. The first-order valence-corrected chi connectivity index (χ1v) is 7.10. The Balaban J connectivity index is 2.88. The lowest BCUT2D eigenvalue weighted by Crippen LogP contribution is -2.46. The van der Waals surface area contributed by atoms with E-state index in [1.54, 1.807) is 30.0 Å². The predicted octanol–water partition coefficient (Wildman–Crippen LogP) is 1.90. The van der Waals surface area contributed by atoms with Crippen LogP contribution in [0.4, 0.5) is 10.1 Å². The van der Waals surface area contributed by atoms with Crippen molar-refractivity contribution >= 4 is 11.6 Å². The summed E-state index contributed by atoms with van der Waals surface area (Å²) in [5.41, 5.74) is 5.97. The molecule has 3 N–H and O–H groups in total. The molecule has 1 aromatic carbocycles. The van der Waals surface area contributed by atoms with Crippen LogP contribution in [0, 0.1) is 5.82 Å². The van der Waals surface area contributed by atoms with Crippen molar-refractivity contribution in [3.63, 3.8) is 0 Å². The summed E-state index contributed by atoms with van der Waals surface area (Å²) in [6.07, 6.45) is 1.58. The summed E-state index contributed by atoms with van der Waals surface area (Å²) in [6, 6.07) is 6.08. The molecule has 0 aliphatic carbocycles. The molecule has 1 amide bonds. The molecule has 1 rings (SSSR count). The summed E-state index contributed by atoms with van der Waals surface area (Å²) < 4.78 is 13.9. The van der Waals surface area contributed by atoms with Crippen LogP contribution in [0.25, 0.3) is 0 Å². The highest BCUT2D eigenvalue weighted by molar-refractivity contribution is 5.84. The zero-order chi connectivity index (χ0) is 15.0. The molecule has 0 bridgehead atoms. The van der Waals surface area contributed by atoms with E-state index in [2.05, 4.69) is 5.32 Å². The molecule has 0 aliphatic rings. The van der Waals surface area contributed by atoms with E-state index in [4.69, 9.17) is 5.73 Å². The number of hydrogen-bond donors (Lipinski definition) is 2. The van der Waals surface area contributed by atoms with Gasteiger partial charge in [-0.15, -0.1) is 0 Å². The average Bonchev–Trinajstić information content (AvgIpc) is 2.46. The number of carbonyl (C=O) groups excluding carboxylic acids is 1. The number of carbonyl (C=O) groups is 1. The average molecular weight is 281 g/mol. The van der Waals surface area contributed by atoms with Crippen molar-refractivity contribution in [2.45, 2.75) is 32.7 Å². The number of amides is 1. The number of para-hydroxylation sites is 1. The van der Waals surface area contributed by atoms with Gasteiger partial charge in [0, 0.05) is 13.1 Å². The highest BCUT2D eigenvalue weighted by Crippen LogP contribution is 2.21. The Morgan fingerprint density at radius 3 is 2.75 bits per heavy atom. The number of nitrogens with zero attached hydrogens (tertiary/aromatic N) is 1. The minimum absolute atomic E-state index is 0.0906. The third-order valence-corrected chi connectivity index (χ3v) is 3.16. The fourth-order valence-electron chi connectivity index (χ4n) is 2.01. The molecule has 112 valence electrons. The zero-order valence-corrected chi connectivity index (χ0v) is 12.2. The van der Waals surface area contributed by atoms with Gasteiger partial charge >= 0.3 is 0 Å². The minimum Gasteiger partial charge on any atom is -0.357 e. The van der Waals surface area contributed by atoms with E-state index in [1.807, 2.05) is 6.92 Å². The lowest BCUT2D eigenvalue weighted by molar-refractivity contribution is -0.122. The number of benzene rings is 1. The normalized spacial score (nSPS) is 12.0. The highest BCUT2D eigenvalue weighted by Gasteiger charge is 2.22. The summed E-state index contributed by atoms with van der Waals surface area (Å²) in [4.78, 5) is 13.9. The number of nitrogens with one attached hydrogen (secondary N) is 1. The van der Waals surface area contributed by atoms with Gasteiger partial charge in [-0.2, -0.15) is 0 Å². The van der Waals surface area contributed by atoms with Gasteiger partial charge in [-0.25, -0.2) is 4.39 Å². The molecule has 0 saturated carbocycles. The summed E-state index contributed by atoms with van der Waals surface area (Å²) in [5.74, 6) is -0.410. The SMILES string of the molecule is CCCNC(=O)C(C)N(CCCN)c1ccccc1F. The number of rotatable bonds is 8. The van der Waals surface area contributed by atoms with Crippen molar-refractivity contribution in [1.82, 2.24) is 5.32 Å². The van der Waals surface area contributed by atoms with Gasteiger partial charge in [-0.3, -0.25) is 4.79 Å². The molecular weight excluding hydrogens is 257 g/mol. The maximum Gasteiger partial charge on any atom is 0.242 e. The molecule has 0 saturated heterocycles. The van der Waals surface area contributed by atoms with Crippen LogP contribution in [-0.2, 0) is 4.79 Å². The van der Waals surface area contributed by atoms with E-state index in [9.17, 15) is 9.18 Å². The van der Waals surface area contributed by atoms with Gasteiger partial charge < -0.3 is 16.0 Å². The summed E-state index contributed by atoms with van der Waals surface area (Å²) >= 11 is 0. The van der Waals surface area contributed by atoms with Crippen LogP contribution < -0.4 is 16.0 Å². The van der Waals surface area contributed by atoms with Crippen LogP contribution in [-0.4, -0.2) is 31.6 Å². The fraction of sp³-hybridized carbons (Fsp3) is 0.533. The standard InChI is InChI=1S/C15H24FN3O/c1-3-10-18-15(20)12(2)19(11-6-9-17)14-8-5-4-7-13(14)16/h4-5,7-8,12H,3,6,9-11,17H2,1-2H3,(H,18,20). The van der Waals surface area contributed by atoms with Crippen molar-refractivity contribution in [1.29, 1.82) is 0 Å². The quantitative estimate of drug-likeness (QED) is 0.765. The molecule has 0 radical (unpaired) electrons. The van der Waals surface area contributed by atoms with Gasteiger partial charge in [0.2, 0.25) is 5.91 Å². The zero-order valence-electron chi connectivity index (χ0n) is 12.2. The smallest absolute Gasteiger partial charge is 0.242 e. The number of halogens is 1. The molecule has 1 aromatic rings. The molecule has 1 unspecified atom stereocenters. The Morgan fingerprint density at radius 1 is 1.45 bits per heavy atom. The number of nitrogens with two attached hydrogens (primary N) is 1. The lowest BCUT2D eigenvalue weighted by Gasteiger charge is -2.30. The maximum atomic E-state index is 13.9. The molecule has 0 aromatic heterocycles. The largest absolute Gasteiger partial charge is 0.357 e. The monoisotopic (exact) mass is 281 g/mol. The third-order valence-electron chi connectivity index (χ3n) is 3.16. The fourth-order valence-corrected chi connectivity index (χ4v) is 2.01. The van der Waals surface area contributed by atoms with Crippen molar-refractivity contribution in [3.8, 4) is 0 Å². The van der Waals surface area contributed by atoms with Crippen molar-refractivity contribution in [3.05, 3.63) is 30.1 Å². The van der Waals surface area contributed by atoms with E-state index in [1.165, 1.54) is 6.07 Å². The van der Waals surface area contributed by atoms with Crippen LogP contribution in [0.2, 0.25) is 0 Å². The van der Waals surface area contributed by atoms with E-state index in [-0.39, 0.29) is 11.7 Å². The van der Waals surface area contributed by atoms with Crippen LogP contribution >= 0.6 is 0 Å². The first kappa shape index (κ1) is 16.4. The Bertz CT molecular complexity index is 425. The van der Waals surface area contributed by atoms with Gasteiger partial charge in [-0.1, -0.05) is 19.1 Å². The Kier molecular flexibility index (Phi) is 7.01. The molecule has 20 heavy (non-hydrogen) atoms. The Labute approximate surface area is 120 Å². The van der Waals surface area contributed by atoms with Crippen molar-refractivity contribution < 1.29 is 9.18 Å². The second-order valence-corrected chi connectivity index (χ2v) is 4.75. The molecule has 4 nitrogen and oxygen atoms in total. The van der Waals surface area contributed by atoms with Crippen LogP contribution in [0.1, 0.15) is 26.7 Å². The van der Waals surface area contributed by atoms with Gasteiger partial charge in [0.1, 0.15) is 11.9 Å². The van der Waals surface area contributed by atoms with Crippen LogP contribution in [0.3, 0.4) is 0 Å². The molecular formula is C15H24FN3O. The highest BCUT2D eigenvalue weighted by atomic mass is 19.1. The van der Waals surface area contributed by atoms with E-state index >= 15 is 0 Å². The molecule has 0 fully saturated rings. The van der Waals surface area contributed by atoms with E-state index in [0.717, 1.165) is 6.42 Å². The Hall–Kier alpha value is -1.62. The van der Waals surface area contributed by atoms with E-state index < -0.39 is 6.04 Å². The van der Waals surface area contributed by atoms with Gasteiger partial charge in [-0.05, 0) is 38.4 Å². The van der Waals surface area contributed by atoms with E-state index in [0.29, 0.717) is 31.7 Å². The minimum atomic E-state index is -0.426. The number of anilines is 1. The molecule has 5 heteroatoms. The topological polar surface area (TPSA) is 58.4 Å². The maximum absolute atomic E-state index is 13.9. The summed E-state index contributed by atoms with van der Waals surface area (Å²) in [5, 5.41) is 2.84. The molecule has 0 heterocycles. The first-order chi connectivity index (χ1) is 9.61. The first-order valence-electron chi connectivity index (χ1n) is 7.10. The summed E-state index contributed by atoms with van der Waals surface area (Å²) in [6.45, 7) is 5.47. The third kappa shape index (κ3) is 4.49. The van der Waals surface area contributed by atoms with Crippen molar-refractivity contribution in [2.24, 2.45) is 5.73 Å². The van der Waals surface area contributed by atoms with Gasteiger partial charge in [0.05, 0.1) is 5.69 Å². The second-order valence-electron chi connectivity index (χ2n) is 4.75. The molecule has 1 atom stereocenters. The molecule has 0 spiro atoms.